The van der Waals surface area contributed by atoms with Gasteiger partial charge in [0.05, 0.1) is 22.4 Å². The van der Waals surface area contributed by atoms with Gasteiger partial charge in [0.2, 0.25) is 0 Å². The van der Waals surface area contributed by atoms with E-state index in [1.807, 2.05) is 0 Å². The van der Waals surface area contributed by atoms with Gasteiger partial charge in [0.15, 0.2) is 0 Å². The van der Waals surface area contributed by atoms with E-state index in [0.29, 0.717) is 0 Å². The minimum atomic E-state index is 1.16. The summed E-state index contributed by atoms with van der Waals surface area (Å²) in [7, 11) is 0. The van der Waals surface area contributed by atoms with E-state index in [-0.39, 0.29) is 0 Å². The van der Waals surface area contributed by atoms with Gasteiger partial charge in [0.25, 0.3) is 0 Å². The summed E-state index contributed by atoms with van der Waals surface area (Å²) in [5.74, 6) is 0. The number of fused-ring (bicyclic) bond motifs is 2. The lowest BCUT2D eigenvalue weighted by molar-refractivity contribution is 1.13. The number of hydrogen-bond donors (Lipinski definition) is 0. The van der Waals surface area contributed by atoms with Gasteiger partial charge in [-0.15, -0.1) is 0 Å². The van der Waals surface area contributed by atoms with E-state index >= 15 is 0 Å². The largest absolute Gasteiger partial charge is 0.309 e. The molecule has 204 valence electrons. The Kier molecular flexibility index (Phi) is 6.05. The fourth-order valence-corrected chi connectivity index (χ4v) is 6.26. The van der Waals surface area contributed by atoms with Gasteiger partial charge in [-0.05, 0) is 89.8 Å². The van der Waals surface area contributed by atoms with Gasteiger partial charge >= 0.3 is 0 Å². The molecule has 0 bridgehead atoms. The molecule has 0 radical (unpaired) electrons. The number of aromatic nitrogens is 2. The molecule has 0 amide bonds. The van der Waals surface area contributed by atoms with E-state index in [1.54, 1.807) is 0 Å². The molecule has 43 heavy (non-hydrogen) atoms. The minimum Gasteiger partial charge on any atom is -0.309 e. The van der Waals surface area contributed by atoms with Crippen molar-refractivity contribution in [2.24, 2.45) is 0 Å². The van der Waals surface area contributed by atoms with E-state index in [1.165, 1.54) is 66.7 Å². The molecule has 2 aromatic heterocycles. The molecule has 6 aromatic carbocycles. The molecule has 0 aliphatic heterocycles. The average Bonchev–Trinajstić information content (AvgIpc) is 3.65. The van der Waals surface area contributed by atoms with Crippen LogP contribution in [0.1, 0.15) is 5.56 Å². The molecule has 0 saturated carbocycles. The zero-order valence-electron chi connectivity index (χ0n) is 24.0. The van der Waals surface area contributed by atoms with Crippen LogP contribution in [0.25, 0.3) is 66.8 Å². The molecule has 2 nitrogen and oxygen atoms in total. The topological polar surface area (TPSA) is 9.86 Å². The van der Waals surface area contributed by atoms with Crippen LogP contribution in [0.4, 0.5) is 0 Å². The molecule has 0 spiro atoms. The SMILES string of the molecule is Cc1ccc(-n2c(-c3ccccc3)cc3cc(-c4ccc5c(c4)cc(-c4ccccc4)n5-c4ccccc4)ccc32)cc1. The smallest absolute Gasteiger partial charge is 0.0540 e. The summed E-state index contributed by atoms with van der Waals surface area (Å²) >= 11 is 0. The predicted molar refractivity (Wildman–Crippen MR) is 181 cm³/mol. The molecule has 2 heteroatoms. The Morgan fingerprint density at radius 2 is 0.767 bits per heavy atom. The zero-order chi connectivity index (χ0) is 28.8. The lowest BCUT2D eigenvalue weighted by atomic mass is 10.0. The molecule has 0 unspecified atom stereocenters. The van der Waals surface area contributed by atoms with Crippen LogP contribution in [-0.4, -0.2) is 9.13 Å². The summed E-state index contributed by atoms with van der Waals surface area (Å²) in [6.07, 6.45) is 0. The van der Waals surface area contributed by atoms with E-state index in [0.717, 1.165) is 5.69 Å². The molecule has 8 aromatic rings. The molecule has 0 saturated heterocycles. The number of hydrogen-bond acceptors (Lipinski definition) is 0. The van der Waals surface area contributed by atoms with Gasteiger partial charge < -0.3 is 9.13 Å². The first-order valence-electron chi connectivity index (χ1n) is 14.8. The van der Waals surface area contributed by atoms with Crippen LogP contribution in [0.3, 0.4) is 0 Å². The van der Waals surface area contributed by atoms with Gasteiger partial charge in [-0.25, -0.2) is 0 Å². The van der Waals surface area contributed by atoms with Crippen LogP contribution >= 0.6 is 0 Å². The summed E-state index contributed by atoms with van der Waals surface area (Å²) in [5, 5.41) is 2.45. The van der Waals surface area contributed by atoms with Crippen LogP contribution in [0.2, 0.25) is 0 Å². The fraction of sp³-hybridized carbons (Fsp3) is 0.0244. The first kappa shape index (κ1) is 25.1. The second kappa shape index (κ2) is 10.3. The first-order valence-corrected chi connectivity index (χ1v) is 14.8. The molecule has 0 N–H and O–H groups in total. The van der Waals surface area contributed by atoms with Crippen molar-refractivity contribution in [3.8, 4) is 45.0 Å². The Morgan fingerprint density at radius 3 is 1.23 bits per heavy atom. The third kappa shape index (κ3) is 4.45. The lowest BCUT2D eigenvalue weighted by Gasteiger charge is -2.12. The quantitative estimate of drug-likeness (QED) is 0.202. The van der Waals surface area contributed by atoms with Crippen LogP contribution in [0.15, 0.2) is 164 Å². The number of para-hydroxylation sites is 1. The Bertz CT molecular complexity index is 2200. The van der Waals surface area contributed by atoms with Crippen molar-refractivity contribution in [2.75, 3.05) is 0 Å². The highest BCUT2D eigenvalue weighted by Gasteiger charge is 2.16. The van der Waals surface area contributed by atoms with Gasteiger partial charge in [-0.1, -0.05) is 109 Å². The van der Waals surface area contributed by atoms with Gasteiger partial charge in [-0.3, -0.25) is 0 Å². The maximum Gasteiger partial charge on any atom is 0.0540 e. The van der Waals surface area contributed by atoms with E-state index in [9.17, 15) is 0 Å². The average molecular weight is 551 g/mol. The minimum absolute atomic E-state index is 1.16. The van der Waals surface area contributed by atoms with Crippen LogP contribution in [0.5, 0.6) is 0 Å². The second-order valence-electron chi connectivity index (χ2n) is 11.2. The molecule has 2 heterocycles. The predicted octanol–water partition coefficient (Wildman–Crippen LogP) is 10.9. The standard InChI is InChI=1S/C41H30N2/c1-29-17-21-37(22-18-29)43-39-24-20-33(26-35(39)28-41(43)31-13-7-3-8-14-31)32-19-23-38-34(25-32)27-40(30-11-5-2-6-12-30)42(38)36-15-9-4-10-16-36/h2-28H,1H3. The van der Waals surface area contributed by atoms with Crippen LogP contribution in [0, 0.1) is 6.92 Å². The van der Waals surface area contributed by atoms with Gasteiger partial charge in [-0.2, -0.15) is 0 Å². The molecule has 8 rings (SSSR count). The second-order valence-corrected chi connectivity index (χ2v) is 11.2. The number of nitrogens with zero attached hydrogens (tertiary/aromatic N) is 2. The van der Waals surface area contributed by atoms with Crippen molar-refractivity contribution in [1.29, 1.82) is 0 Å². The van der Waals surface area contributed by atoms with Crippen molar-refractivity contribution in [2.45, 2.75) is 6.92 Å². The highest BCUT2D eigenvalue weighted by atomic mass is 15.0. The summed E-state index contributed by atoms with van der Waals surface area (Å²) in [6.45, 7) is 2.13. The summed E-state index contributed by atoms with van der Waals surface area (Å²) < 4.78 is 4.74. The fourth-order valence-electron chi connectivity index (χ4n) is 6.26. The van der Waals surface area contributed by atoms with Gasteiger partial charge in [0, 0.05) is 22.1 Å². The van der Waals surface area contributed by atoms with Crippen LogP contribution in [-0.2, 0) is 0 Å². The summed E-state index contributed by atoms with van der Waals surface area (Å²) in [4.78, 5) is 0. The molecule has 0 aliphatic rings. The Balaban J connectivity index is 1.29. The molecular formula is C41H30N2. The maximum absolute atomic E-state index is 2.38. The first-order chi connectivity index (χ1) is 21.2. The highest BCUT2D eigenvalue weighted by molar-refractivity contribution is 5.95. The van der Waals surface area contributed by atoms with E-state index < -0.39 is 0 Å². The molecule has 0 atom stereocenters. The Morgan fingerprint density at radius 1 is 0.349 bits per heavy atom. The summed E-state index contributed by atoms with van der Waals surface area (Å²) in [6, 6.07) is 59.1. The normalized spacial score (nSPS) is 11.4. The lowest BCUT2D eigenvalue weighted by Crippen LogP contribution is -1.96. The number of rotatable bonds is 5. The van der Waals surface area contributed by atoms with Crippen molar-refractivity contribution >= 4 is 21.8 Å². The zero-order valence-corrected chi connectivity index (χ0v) is 24.0. The Hall–Kier alpha value is -5.60. The van der Waals surface area contributed by atoms with Crippen molar-refractivity contribution in [3.63, 3.8) is 0 Å². The molecular weight excluding hydrogens is 520 g/mol. The maximum atomic E-state index is 2.38. The third-order valence-corrected chi connectivity index (χ3v) is 8.38. The monoisotopic (exact) mass is 550 g/mol. The van der Waals surface area contributed by atoms with Crippen LogP contribution < -0.4 is 0 Å². The Labute approximate surface area is 251 Å². The van der Waals surface area contributed by atoms with Crippen molar-refractivity contribution < 1.29 is 0 Å². The van der Waals surface area contributed by atoms with Gasteiger partial charge in [0.1, 0.15) is 0 Å². The molecule has 0 fully saturated rings. The third-order valence-electron chi connectivity index (χ3n) is 8.38. The van der Waals surface area contributed by atoms with Crippen molar-refractivity contribution in [3.05, 3.63) is 169 Å². The molecule has 0 aliphatic carbocycles. The number of aryl methyl sites for hydroxylation is 1. The van der Waals surface area contributed by atoms with Crippen molar-refractivity contribution in [1.82, 2.24) is 9.13 Å². The highest BCUT2D eigenvalue weighted by Crippen LogP contribution is 2.37. The van der Waals surface area contributed by atoms with E-state index in [4.69, 9.17) is 0 Å². The number of benzene rings is 6. The van der Waals surface area contributed by atoms with E-state index in [2.05, 4.69) is 180 Å². The summed E-state index contributed by atoms with van der Waals surface area (Å²) in [5.41, 5.74) is 13.2.